The van der Waals surface area contributed by atoms with Crippen molar-refractivity contribution in [3.05, 3.63) is 154 Å². The van der Waals surface area contributed by atoms with Crippen molar-refractivity contribution >= 4 is 24.1 Å². The molecule has 0 bridgehead atoms. The number of carboxylic acid groups (broad SMARTS) is 1. The van der Waals surface area contributed by atoms with Gasteiger partial charge in [0.15, 0.2) is 5.60 Å². The Balaban J connectivity index is 0.000000189. The molecule has 1 spiro atoms. The van der Waals surface area contributed by atoms with Crippen molar-refractivity contribution in [2.45, 2.75) is 5.60 Å². The Kier molecular flexibility index (Phi) is 6.68. The molecule has 5 aromatic carbocycles. The van der Waals surface area contributed by atoms with Gasteiger partial charge < -0.3 is 24.8 Å². The van der Waals surface area contributed by atoms with Crippen LogP contribution >= 0.6 is 0 Å². The number of fused-ring (bicyclic) bond motifs is 6. The number of carbonyl (C=O) groups is 2. The Bertz CT molecular complexity index is 1750. The molecule has 206 valence electrons. The van der Waals surface area contributed by atoms with E-state index in [-0.39, 0.29) is 34.1 Å². The molecule has 0 fully saturated rings. The molecule has 2 aliphatic heterocycles. The number of ether oxygens (including phenoxy) is 2. The zero-order valence-electron chi connectivity index (χ0n) is 22.1. The Morgan fingerprint density at radius 2 is 1.17 bits per heavy atom. The van der Waals surface area contributed by atoms with Crippen LogP contribution in [0.1, 0.15) is 48.5 Å². The third kappa shape index (κ3) is 4.73. The molecule has 0 saturated carbocycles. The number of aromatic hydroxyl groups is 2. The SMILES string of the molecule is C(=Cc1ccccc1)c1ccccc1.O=C(O)c1ccc2c(c1)C1(OC2=O)c2ccc(O)cc2Oc2cc(O)ccc21. The second-order valence-electron chi connectivity index (χ2n) is 9.75. The largest absolute Gasteiger partial charge is 0.508 e. The molecule has 7 heteroatoms. The van der Waals surface area contributed by atoms with Crippen LogP contribution in [0.5, 0.6) is 23.0 Å². The van der Waals surface area contributed by atoms with Gasteiger partial charge in [-0.25, -0.2) is 9.59 Å². The van der Waals surface area contributed by atoms with E-state index < -0.39 is 17.5 Å². The fourth-order valence-corrected chi connectivity index (χ4v) is 5.15. The van der Waals surface area contributed by atoms with Gasteiger partial charge in [-0.1, -0.05) is 72.8 Å². The Morgan fingerprint density at radius 1 is 0.643 bits per heavy atom. The molecule has 0 amide bonds. The highest BCUT2D eigenvalue weighted by Crippen LogP contribution is 2.57. The number of aromatic carboxylic acids is 1. The summed E-state index contributed by atoms with van der Waals surface area (Å²) in [5.41, 5.74) is 2.50. The number of carboxylic acids is 1. The lowest BCUT2D eigenvalue weighted by Gasteiger charge is -2.36. The maximum absolute atomic E-state index is 12.7. The first-order chi connectivity index (χ1) is 20.3. The van der Waals surface area contributed by atoms with Gasteiger partial charge in [0, 0.05) is 28.8 Å². The lowest BCUT2D eigenvalue weighted by atomic mass is 9.77. The number of hydrogen-bond donors (Lipinski definition) is 3. The monoisotopic (exact) mass is 556 g/mol. The number of esters is 1. The molecule has 2 aliphatic rings. The summed E-state index contributed by atoms with van der Waals surface area (Å²) >= 11 is 0. The molecular formula is C35H24O7. The summed E-state index contributed by atoms with van der Waals surface area (Å²) in [5.74, 6) is -1.38. The van der Waals surface area contributed by atoms with Gasteiger partial charge in [-0.15, -0.1) is 0 Å². The molecule has 0 saturated heterocycles. The highest BCUT2D eigenvalue weighted by molar-refractivity contribution is 5.99. The van der Waals surface area contributed by atoms with E-state index in [4.69, 9.17) is 9.47 Å². The maximum atomic E-state index is 12.7. The molecule has 5 aromatic rings. The van der Waals surface area contributed by atoms with Crippen molar-refractivity contribution in [3.63, 3.8) is 0 Å². The second kappa shape index (κ2) is 10.6. The third-order valence-corrected chi connectivity index (χ3v) is 7.09. The van der Waals surface area contributed by atoms with Gasteiger partial charge in [-0.2, -0.15) is 0 Å². The normalized spacial score (nSPS) is 13.7. The summed E-state index contributed by atoms with van der Waals surface area (Å²) in [6.07, 6.45) is 4.24. The minimum absolute atomic E-state index is 0.00331. The van der Waals surface area contributed by atoms with Crippen LogP contribution in [-0.2, 0) is 10.3 Å². The summed E-state index contributed by atoms with van der Waals surface area (Å²) < 4.78 is 11.7. The number of rotatable bonds is 3. The number of benzene rings is 5. The number of phenols is 2. The highest BCUT2D eigenvalue weighted by atomic mass is 16.6. The van der Waals surface area contributed by atoms with Gasteiger partial charge in [0.2, 0.25) is 0 Å². The van der Waals surface area contributed by atoms with Crippen molar-refractivity contribution in [3.8, 4) is 23.0 Å². The molecule has 3 N–H and O–H groups in total. The van der Waals surface area contributed by atoms with E-state index in [1.807, 2.05) is 36.4 Å². The van der Waals surface area contributed by atoms with Gasteiger partial charge in [0.1, 0.15) is 23.0 Å². The van der Waals surface area contributed by atoms with Crippen LogP contribution in [0.4, 0.5) is 0 Å². The third-order valence-electron chi connectivity index (χ3n) is 7.09. The summed E-state index contributed by atoms with van der Waals surface area (Å²) in [7, 11) is 0. The molecule has 0 unspecified atom stereocenters. The summed E-state index contributed by atoms with van der Waals surface area (Å²) in [4.78, 5) is 24.2. The maximum Gasteiger partial charge on any atom is 0.340 e. The second-order valence-corrected chi connectivity index (χ2v) is 9.75. The molecule has 0 aliphatic carbocycles. The minimum atomic E-state index is -1.46. The van der Waals surface area contributed by atoms with Gasteiger partial charge >= 0.3 is 11.9 Å². The van der Waals surface area contributed by atoms with E-state index in [2.05, 4.69) is 36.4 Å². The molecular weight excluding hydrogens is 532 g/mol. The van der Waals surface area contributed by atoms with E-state index in [9.17, 15) is 24.9 Å². The van der Waals surface area contributed by atoms with Crippen molar-refractivity contribution in [2.75, 3.05) is 0 Å². The van der Waals surface area contributed by atoms with E-state index in [1.165, 1.54) is 53.6 Å². The fraction of sp³-hybridized carbons (Fsp3) is 0.0286. The zero-order valence-corrected chi connectivity index (χ0v) is 22.1. The summed E-state index contributed by atoms with van der Waals surface area (Å²) in [5, 5.41) is 29.2. The van der Waals surface area contributed by atoms with Crippen molar-refractivity contribution in [2.24, 2.45) is 0 Å². The number of carbonyl (C=O) groups excluding carboxylic acids is 1. The molecule has 0 atom stereocenters. The first-order valence-corrected chi connectivity index (χ1v) is 13.1. The van der Waals surface area contributed by atoms with Crippen molar-refractivity contribution < 1.29 is 34.4 Å². The average Bonchev–Trinajstić information content (AvgIpc) is 3.29. The Morgan fingerprint density at radius 3 is 1.67 bits per heavy atom. The first-order valence-electron chi connectivity index (χ1n) is 13.1. The Hall–Kier alpha value is -5.82. The summed E-state index contributed by atoms with van der Waals surface area (Å²) in [6.45, 7) is 0. The minimum Gasteiger partial charge on any atom is -0.508 e. The number of phenolic OH excluding ortho intramolecular Hbond substituents is 2. The van der Waals surface area contributed by atoms with Gasteiger partial charge in [-0.05, 0) is 53.6 Å². The first kappa shape index (κ1) is 26.4. The van der Waals surface area contributed by atoms with Crippen LogP contribution < -0.4 is 4.74 Å². The van der Waals surface area contributed by atoms with Crippen LogP contribution in [0.3, 0.4) is 0 Å². The van der Waals surface area contributed by atoms with Crippen LogP contribution in [0.2, 0.25) is 0 Å². The van der Waals surface area contributed by atoms with Gasteiger partial charge in [0.25, 0.3) is 0 Å². The fourth-order valence-electron chi connectivity index (χ4n) is 5.15. The Labute approximate surface area is 241 Å². The van der Waals surface area contributed by atoms with Gasteiger partial charge in [-0.3, -0.25) is 0 Å². The quantitative estimate of drug-likeness (QED) is 0.159. The van der Waals surface area contributed by atoms with Crippen LogP contribution in [0, 0.1) is 0 Å². The molecule has 0 radical (unpaired) electrons. The molecule has 42 heavy (non-hydrogen) atoms. The van der Waals surface area contributed by atoms with E-state index in [0.29, 0.717) is 16.7 Å². The standard InChI is InChI=1S/C21H12O7.C14H12/c22-11-2-5-14-17(8-11)27-18-9-12(23)3-6-15(18)21(14)16-7-10(19(24)25)1-4-13(16)20(26)28-21;1-3-7-13(8-4-1)11-12-14-9-5-2-6-10-14/h1-9,22-23H,(H,24,25);1-12H. The van der Waals surface area contributed by atoms with E-state index >= 15 is 0 Å². The number of hydrogen-bond acceptors (Lipinski definition) is 6. The molecule has 7 rings (SSSR count). The van der Waals surface area contributed by atoms with Crippen LogP contribution in [0.15, 0.2) is 115 Å². The van der Waals surface area contributed by atoms with Crippen LogP contribution in [0.25, 0.3) is 12.2 Å². The summed E-state index contributed by atoms with van der Waals surface area (Å²) in [6, 6.07) is 33.5. The van der Waals surface area contributed by atoms with E-state index in [0.717, 1.165) is 0 Å². The molecule has 7 nitrogen and oxygen atoms in total. The molecule has 2 heterocycles. The lowest BCUT2D eigenvalue weighted by Crippen LogP contribution is -2.33. The predicted octanol–water partition coefficient (Wildman–Crippen LogP) is 7.22. The van der Waals surface area contributed by atoms with Gasteiger partial charge in [0.05, 0.1) is 11.1 Å². The van der Waals surface area contributed by atoms with E-state index in [1.54, 1.807) is 12.1 Å². The molecule has 0 aromatic heterocycles. The van der Waals surface area contributed by atoms with Crippen molar-refractivity contribution in [1.82, 2.24) is 0 Å². The van der Waals surface area contributed by atoms with Crippen LogP contribution in [-0.4, -0.2) is 27.3 Å². The topological polar surface area (TPSA) is 113 Å². The van der Waals surface area contributed by atoms with Crippen molar-refractivity contribution in [1.29, 1.82) is 0 Å². The predicted molar refractivity (Wildman–Crippen MR) is 157 cm³/mol. The lowest BCUT2D eigenvalue weighted by molar-refractivity contribution is 0.0224. The zero-order chi connectivity index (χ0) is 29.3. The average molecular weight is 557 g/mol. The smallest absolute Gasteiger partial charge is 0.340 e. The highest BCUT2D eigenvalue weighted by Gasteiger charge is 2.53.